The Bertz CT molecular complexity index is 842. The number of nitrogens with zero attached hydrogens (tertiary/aromatic N) is 2. The number of ether oxygens (including phenoxy) is 2. The number of halogens is 1. The third-order valence-electron chi connectivity index (χ3n) is 4.22. The monoisotopic (exact) mass is 370 g/mol. The van der Waals surface area contributed by atoms with Crippen molar-refractivity contribution in [3.05, 3.63) is 59.7 Å². The number of benzene rings is 2. The molecule has 0 saturated heterocycles. The molecule has 0 N–H and O–H groups in total. The van der Waals surface area contributed by atoms with Crippen LogP contribution in [0, 0.1) is 5.92 Å². The van der Waals surface area contributed by atoms with Crippen molar-refractivity contribution in [2.45, 2.75) is 6.42 Å². The summed E-state index contributed by atoms with van der Waals surface area (Å²) in [5.41, 5.74) is 2.63. The van der Waals surface area contributed by atoms with Gasteiger partial charge in [0, 0.05) is 17.9 Å². The third kappa shape index (κ3) is 4.11. The van der Waals surface area contributed by atoms with Crippen molar-refractivity contribution in [3.8, 4) is 11.5 Å². The lowest BCUT2D eigenvalue weighted by molar-refractivity contribution is -0.112. The molecular formula is C20H19ClN2O3. The fraction of sp³-hybridized carbons (Fsp3) is 0.250. The lowest BCUT2D eigenvalue weighted by atomic mass is 9.92. The van der Waals surface area contributed by atoms with E-state index >= 15 is 0 Å². The molecule has 3 rings (SSSR count). The molecule has 0 spiro atoms. The molecule has 2 aromatic rings. The quantitative estimate of drug-likeness (QED) is 0.728. The Morgan fingerprint density at radius 1 is 1.00 bits per heavy atom. The van der Waals surface area contributed by atoms with Gasteiger partial charge in [-0.15, -0.1) is 0 Å². The highest BCUT2D eigenvalue weighted by atomic mass is 35.5. The first kappa shape index (κ1) is 18.1. The first-order valence-electron chi connectivity index (χ1n) is 8.21. The standard InChI is InChI=1S/C20H19ClN2O3/c1-25-16-7-3-13(4-8-16)19-15(11-18(21)24)12-22-20(23-19)14-5-9-17(26-2)10-6-14/h3-10,15H,11-12H2,1-2H3. The molecule has 26 heavy (non-hydrogen) atoms. The zero-order valence-electron chi connectivity index (χ0n) is 14.6. The van der Waals surface area contributed by atoms with Gasteiger partial charge in [0.1, 0.15) is 11.5 Å². The largest absolute Gasteiger partial charge is 0.497 e. The van der Waals surface area contributed by atoms with Crippen molar-refractivity contribution in [2.24, 2.45) is 15.9 Å². The molecule has 134 valence electrons. The van der Waals surface area contributed by atoms with E-state index in [2.05, 4.69) is 4.99 Å². The van der Waals surface area contributed by atoms with Gasteiger partial charge in [0.25, 0.3) is 0 Å². The second-order valence-electron chi connectivity index (χ2n) is 5.87. The van der Waals surface area contributed by atoms with Crippen LogP contribution >= 0.6 is 11.6 Å². The predicted octanol–water partition coefficient (Wildman–Crippen LogP) is 3.73. The Kier molecular flexibility index (Phi) is 5.68. The minimum Gasteiger partial charge on any atom is -0.497 e. The summed E-state index contributed by atoms with van der Waals surface area (Å²) >= 11 is 5.62. The number of methoxy groups -OCH3 is 2. The normalized spacial score (nSPS) is 16.5. The van der Waals surface area contributed by atoms with Crippen LogP contribution in [0.1, 0.15) is 17.5 Å². The second-order valence-corrected chi connectivity index (χ2v) is 6.30. The molecule has 0 saturated carbocycles. The summed E-state index contributed by atoms with van der Waals surface area (Å²) in [7, 11) is 3.25. The average molecular weight is 371 g/mol. The summed E-state index contributed by atoms with van der Waals surface area (Å²) in [4.78, 5) is 20.7. The van der Waals surface area contributed by atoms with Crippen molar-refractivity contribution in [1.29, 1.82) is 0 Å². The van der Waals surface area contributed by atoms with Gasteiger partial charge in [-0.25, -0.2) is 4.99 Å². The van der Waals surface area contributed by atoms with Crippen molar-refractivity contribution in [1.82, 2.24) is 0 Å². The second kappa shape index (κ2) is 8.15. The number of rotatable bonds is 6. The van der Waals surface area contributed by atoms with Crippen molar-refractivity contribution < 1.29 is 14.3 Å². The topological polar surface area (TPSA) is 60.2 Å². The molecular weight excluding hydrogens is 352 g/mol. The maximum absolute atomic E-state index is 11.4. The van der Waals surface area contributed by atoms with Gasteiger partial charge in [-0.3, -0.25) is 9.79 Å². The zero-order valence-corrected chi connectivity index (χ0v) is 15.4. The zero-order chi connectivity index (χ0) is 18.5. The SMILES string of the molecule is COc1ccc(C2=NCC(CC(=O)Cl)C(c3ccc(OC)cc3)=N2)cc1. The van der Waals surface area contributed by atoms with E-state index < -0.39 is 0 Å². The summed E-state index contributed by atoms with van der Waals surface area (Å²) < 4.78 is 10.4. The van der Waals surface area contributed by atoms with Crippen LogP contribution in [0.25, 0.3) is 0 Å². The lowest BCUT2D eigenvalue weighted by Gasteiger charge is -2.21. The number of amidine groups is 1. The van der Waals surface area contributed by atoms with Gasteiger partial charge in [-0.05, 0) is 65.7 Å². The summed E-state index contributed by atoms with van der Waals surface area (Å²) in [6.45, 7) is 0.463. The number of aliphatic imine (C=N–C) groups is 2. The van der Waals surface area contributed by atoms with E-state index in [0.29, 0.717) is 12.4 Å². The van der Waals surface area contributed by atoms with Gasteiger partial charge in [0.05, 0.1) is 26.5 Å². The predicted molar refractivity (Wildman–Crippen MR) is 103 cm³/mol. The summed E-state index contributed by atoms with van der Waals surface area (Å²) in [5, 5.41) is -0.390. The first-order valence-corrected chi connectivity index (χ1v) is 8.58. The van der Waals surface area contributed by atoms with E-state index in [1.54, 1.807) is 14.2 Å². The molecule has 1 aliphatic rings. The number of hydrogen-bond donors (Lipinski definition) is 0. The smallest absolute Gasteiger partial charge is 0.222 e. The van der Waals surface area contributed by atoms with E-state index in [1.165, 1.54) is 0 Å². The summed E-state index contributed by atoms with van der Waals surface area (Å²) in [6.07, 6.45) is 0.200. The highest BCUT2D eigenvalue weighted by molar-refractivity contribution is 6.63. The number of carbonyl (C=O) groups is 1. The highest BCUT2D eigenvalue weighted by Crippen LogP contribution is 2.23. The Hall–Kier alpha value is -2.66. The van der Waals surface area contributed by atoms with Gasteiger partial charge in [-0.1, -0.05) is 0 Å². The minimum atomic E-state index is -0.390. The minimum absolute atomic E-state index is 0.143. The molecule has 2 aromatic carbocycles. The van der Waals surface area contributed by atoms with Crippen LogP contribution in [0.4, 0.5) is 0 Å². The highest BCUT2D eigenvalue weighted by Gasteiger charge is 2.25. The van der Waals surface area contributed by atoms with E-state index in [9.17, 15) is 4.79 Å². The summed E-state index contributed by atoms with van der Waals surface area (Å²) in [6, 6.07) is 15.2. The summed E-state index contributed by atoms with van der Waals surface area (Å²) in [5.74, 6) is 2.03. The number of carbonyl (C=O) groups excluding carboxylic acids is 1. The van der Waals surface area contributed by atoms with Gasteiger partial charge < -0.3 is 9.47 Å². The fourth-order valence-electron chi connectivity index (χ4n) is 2.84. The Morgan fingerprint density at radius 3 is 2.04 bits per heavy atom. The fourth-order valence-corrected chi connectivity index (χ4v) is 3.02. The van der Waals surface area contributed by atoms with Gasteiger partial charge in [-0.2, -0.15) is 0 Å². The first-order chi connectivity index (χ1) is 12.6. The molecule has 0 amide bonds. The van der Waals surface area contributed by atoms with Crippen LogP contribution in [0.2, 0.25) is 0 Å². The Balaban J connectivity index is 1.96. The molecule has 6 heteroatoms. The lowest BCUT2D eigenvalue weighted by Crippen LogP contribution is -2.26. The maximum atomic E-state index is 11.4. The van der Waals surface area contributed by atoms with Crippen LogP contribution in [0.5, 0.6) is 11.5 Å². The van der Waals surface area contributed by atoms with Crippen molar-refractivity contribution >= 4 is 28.4 Å². The molecule has 5 nitrogen and oxygen atoms in total. The van der Waals surface area contributed by atoms with Crippen LogP contribution in [0.3, 0.4) is 0 Å². The molecule has 0 fully saturated rings. The van der Waals surface area contributed by atoms with Crippen LogP contribution in [-0.2, 0) is 4.79 Å². The average Bonchev–Trinajstić information content (AvgIpc) is 2.68. The Labute approximate surface area is 157 Å². The Morgan fingerprint density at radius 2 is 1.54 bits per heavy atom. The maximum Gasteiger partial charge on any atom is 0.222 e. The molecule has 0 radical (unpaired) electrons. The van der Waals surface area contributed by atoms with Gasteiger partial charge in [0.2, 0.25) is 5.24 Å². The molecule has 1 heterocycles. The molecule has 0 aromatic heterocycles. The van der Waals surface area contributed by atoms with E-state index in [-0.39, 0.29) is 17.6 Å². The van der Waals surface area contributed by atoms with E-state index in [4.69, 9.17) is 26.1 Å². The number of hydrogen-bond acceptors (Lipinski definition) is 5. The molecule has 0 aliphatic carbocycles. The molecule has 1 atom stereocenters. The van der Waals surface area contributed by atoms with Gasteiger partial charge >= 0.3 is 0 Å². The van der Waals surface area contributed by atoms with Crippen LogP contribution in [0.15, 0.2) is 58.5 Å². The molecule has 1 aliphatic heterocycles. The third-order valence-corrected chi connectivity index (χ3v) is 4.37. The van der Waals surface area contributed by atoms with Crippen LogP contribution < -0.4 is 9.47 Å². The molecule has 1 unspecified atom stereocenters. The van der Waals surface area contributed by atoms with Crippen molar-refractivity contribution in [2.75, 3.05) is 20.8 Å². The van der Waals surface area contributed by atoms with Gasteiger partial charge in [0.15, 0.2) is 5.84 Å². The van der Waals surface area contributed by atoms with Crippen LogP contribution in [-0.4, -0.2) is 37.6 Å². The van der Waals surface area contributed by atoms with Crippen molar-refractivity contribution in [3.63, 3.8) is 0 Å². The van der Waals surface area contributed by atoms with E-state index in [0.717, 1.165) is 28.3 Å². The molecule has 0 bridgehead atoms. The van der Waals surface area contributed by atoms with E-state index in [1.807, 2.05) is 48.5 Å².